The summed E-state index contributed by atoms with van der Waals surface area (Å²) >= 11 is 6.83. The third-order valence-electron chi connectivity index (χ3n) is 3.21. The molecule has 0 spiro atoms. The summed E-state index contributed by atoms with van der Waals surface area (Å²) in [6, 6.07) is 19.2. The molecule has 3 heteroatoms. The van der Waals surface area contributed by atoms with Gasteiger partial charge in [0.1, 0.15) is 11.5 Å². The molecule has 0 N–H and O–H groups in total. The molecule has 21 heavy (non-hydrogen) atoms. The third kappa shape index (κ3) is 3.53. The van der Waals surface area contributed by atoms with Crippen LogP contribution in [0.3, 0.4) is 0 Å². The van der Waals surface area contributed by atoms with Crippen LogP contribution in [0.15, 0.2) is 72.8 Å². The lowest BCUT2D eigenvalue weighted by atomic mass is 9.91. The van der Waals surface area contributed by atoms with E-state index < -0.39 is 10.8 Å². The molecule has 0 aromatic heterocycles. The van der Waals surface area contributed by atoms with Crippen molar-refractivity contribution in [2.24, 2.45) is 0 Å². The van der Waals surface area contributed by atoms with E-state index in [1.807, 2.05) is 60.7 Å². The topological polar surface area (TPSA) is 26.3 Å². The van der Waals surface area contributed by atoms with Crippen LogP contribution >= 0.6 is 11.6 Å². The molecular weight excluding hydrogens is 284 g/mol. The van der Waals surface area contributed by atoms with Crippen molar-refractivity contribution in [2.45, 2.75) is 11.8 Å². The Hall–Kier alpha value is -2.06. The van der Waals surface area contributed by atoms with Crippen LogP contribution in [0.2, 0.25) is 0 Å². The summed E-state index contributed by atoms with van der Waals surface area (Å²) < 4.78 is 5.31. The fourth-order valence-corrected chi connectivity index (χ4v) is 2.33. The van der Waals surface area contributed by atoms with Gasteiger partial charge in [0.2, 0.25) is 0 Å². The van der Waals surface area contributed by atoms with E-state index in [0.29, 0.717) is 5.57 Å². The number of carbonyl (C=O) groups excluding carboxylic acids is 1. The Bertz CT molecular complexity index is 581. The summed E-state index contributed by atoms with van der Waals surface area (Å²) in [5, 5.41) is 0. The van der Waals surface area contributed by atoms with Crippen LogP contribution in [0.1, 0.15) is 18.1 Å². The molecule has 2 rings (SSSR count). The average molecular weight is 301 g/mol. The van der Waals surface area contributed by atoms with Crippen molar-refractivity contribution in [3.05, 3.63) is 83.9 Å². The van der Waals surface area contributed by atoms with Gasteiger partial charge >= 0.3 is 5.97 Å². The molecule has 0 saturated carbocycles. The Labute approximate surface area is 130 Å². The van der Waals surface area contributed by atoms with E-state index in [0.717, 1.165) is 11.1 Å². The Morgan fingerprint density at radius 3 is 1.86 bits per heavy atom. The molecular formula is C18H17ClO2. The molecule has 0 bridgehead atoms. The van der Waals surface area contributed by atoms with Gasteiger partial charge in [-0.05, 0) is 18.1 Å². The Morgan fingerprint density at radius 2 is 1.48 bits per heavy atom. The lowest BCUT2D eigenvalue weighted by Crippen LogP contribution is -2.28. The molecule has 0 radical (unpaired) electrons. The van der Waals surface area contributed by atoms with Crippen molar-refractivity contribution >= 4 is 17.6 Å². The summed E-state index contributed by atoms with van der Waals surface area (Å²) in [4.78, 5) is 10.8. The number of halogens is 1. The SMILES string of the molecule is C=C(C)C(=O)OCC(Cl)(c1ccccc1)c1ccccc1. The number of hydrogen-bond donors (Lipinski definition) is 0. The number of ether oxygens (including phenoxy) is 1. The predicted octanol–water partition coefficient (Wildman–Crippen LogP) is 4.29. The van der Waals surface area contributed by atoms with Crippen LogP contribution in [0.4, 0.5) is 0 Å². The first-order valence-corrected chi connectivity index (χ1v) is 7.04. The number of hydrogen-bond acceptors (Lipinski definition) is 2. The van der Waals surface area contributed by atoms with Crippen LogP contribution in [0, 0.1) is 0 Å². The first-order valence-electron chi connectivity index (χ1n) is 6.66. The maximum atomic E-state index is 11.7. The second kappa shape index (κ2) is 6.59. The zero-order chi connectivity index (χ0) is 15.3. The normalized spacial score (nSPS) is 11.0. The highest BCUT2D eigenvalue weighted by atomic mass is 35.5. The average Bonchev–Trinajstić information content (AvgIpc) is 2.53. The zero-order valence-electron chi connectivity index (χ0n) is 11.9. The Kier molecular flexibility index (Phi) is 4.81. The number of benzene rings is 2. The van der Waals surface area contributed by atoms with Crippen molar-refractivity contribution in [2.75, 3.05) is 6.61 Å². The van der Waals surface area contributed by atoms with Crippen LogP contribution in [-0.2, 0) is 14.4 Å². The first-order chi connectivity index (χ1) is 10.0. The fraction of sp³-hybridized carbons (Fsp3) is 0.167. The Morgan fingerprint density at radius 1 is 1.05 bits per heavy atom. The molecule has 0 heterocycles. The maximum Gasteiger partial charge on any atom is 0.333 e. The molecule has 0 aliphatic heterocycles. The molecule has 2 aromatic rings. The summed E-state index contributed by atoms with van der Waals surface area (Å²) in [7, 11) is 0. The number of rotatable bonds is 5. The van der Waals surface area contributed by atoms with Gasteiger partial charge < -0.3 is 4.74 Å². The molecule has 0 unspecified atom stereocenters. The van der Waals surface area contributed by atoms with E-state index in [2.05, 4.69) is 6.58 Å². The summed E-state index contributed by atoms with van der Waals surface area (Å²) in [5.74, 6) is -0.438. The molecule has 0 aliphatic carbocycles. The minimum Gasteiger partial charge on any atom is -0.460 e. The van der Waals surface area contributed by atoms with Gasteiger partial charge in [-0.1, -0.05) is 67.2 Å². The summed E-state index contributed by atoms with van der Waals surface area (Å²) in [6.45, 7) is 5.25. The predicted molar refractivity (Wildman–Crippen MR) is 85.3 cm³/mol. The van der Waals surface area contributed by atoms with Crippen molar-refractivity contribution in [3.63, 3.8) is 0 Å². The standard InChI is InChI=1S/C18H17ClO2/c1-14(2)17(20)21-13-18(19,15-9-5-3-6-10-15)16-11-7-4-8-12-16/h3-12H,1,13H2,2H3. The summed E-state index contributed by atoms with van der Waals surface area (Å²) in [6.07, 6.45) is 0. The lowest BCUT2D eigenvalue weighted by molar-refractivity contribution is -0.139. The number of esters is 1. The van der Waals surface area contributed by atoms with Gasteiger partial charge in [0.05, 0.1) is 0 Å². The highest BCUT2D eigenvalue weighted by Crippen LogP contribution is 2.37. The highest BCUT2D eigenvalue weighted by Gasteiger charge is 2.33. The molecule has 0 aliphatic rings. The van der Waals surface area contributed by atoms with E-state index in [4.69, 9.17) is 16.3 Å². The van der Waals surface area contributed by atoms with Gasteiger partial charge in [-0.25, -0.2) is 4.79 Å². The van der Waals surface area contributed by atoms with E-state index >= 15 is 0 Å². The van der Waals surface area contributed by atoms with E-state index in [1.165, 1.54) is 0 Å². The number of carbonyl (C=O) groups is 1. The molecule has 0 atom stereocenters. The Balaban J connectivity index is 2.36. The van der Waals surface area contributed by atoms with Crippen LogP contribution in [0.5, 0.6) is 0 Å². The van der Waals surface area contributed by atoms with Crippen LogP contribution in [-0.4, -0.2) is 12.6 Å². The van der Waals surface area contributed by atoms with Gasteiger partial charge in [0.25, 0.3) is 0 Å². The van der Waals surface area contributed by atoms with Crippen LogP contribution in [0.25, 0.3) is 0 Å². The molecule has 0 amide bonds. The fourth-order valence-electron chi connectivity index (χ4n) is 2.03. The smallest absolute Gasteiger partial charge is 0.333 e. The monoisotopic (exact) mass is 300 g/mol. The molecule has 2 nitrogen and oxygen atoms in total. The second-order valence-corrected chi connectivity index (χ2v) is 5.53. The van der Waals surface area contributed by atoms with Gasteiger partial charge in [0, 0.05) is 5.57 Å². The van der Waals surface area contributed by atoms with E-state index in [9.17, 15) is 4.79 Å². The zero-order valence-corrected chi connectivity index (χ0v) is 12.6. The highest BCUT2D eigenvalue weighted by molar-refractivity contribution is 6.26. The molecule has 2 aromatic carbocycles. The summed E-state index contributed by atoms with van der Waals surface area (Å²) in [5.41, 5.74) is 2.12. The van der Waals surface area contributed by atoms with Gasteiger partial charge in [-0.3, -0.25) is 0 Å². The lowest BCUT2D eigenvalue weighted by Gasteiger charge is -2.28. The van der Waals surface area contributed by atoms with Gasteiger partial charge in [-0.2, -0.15) is 0 Å². The molecule has 0 fully saturated rings. The maximum absolute atomic E-state index is 11.7. The largest absolute Gasteiger partial charge is 0.460 e. The van der Waals surface area contributed by atoms with Gasteiger partial charge in [0.15, 0.2) is 0 Å². The first kappa shape index (κ1) is 15.3. The van der Waals surface area contributed by atoms with E-state index in [-0.39, 0.29) is 6.61 Å². The van der Waals surface area contributed by atoms with Crippen molar-refractivity contribution in [3.8, 4) is 0 Å². The van der Waals surface area contributed by atoms with Crippen LogP contribution < -0.4 is 0 Å². The van der Waals surface area contributed by atoms with Crippen molar-refractivity contribution < 1.29 is 9.53 Å². The quantitative estimate of drug-likeness (QED) is 0.468. The second-order valence-electron chi connectivity index (χ2n) is 4.89. The molecule has 0 saturated heterocycles. The van der Waals surface area contributed by atoms with Crippen molar-refractivity contribution in [1.82, 2.24) is 0 Å². The minimum absolute atomic E-state index is 0.0499. The van der Waals surface area contributed by atoms with Crippen molar-refractivity contribution in [1.29, 1.82) is 0 Å². The number of alkyl halides is 1. The van der Waals surface area contributed by atoms with E-state index in [1.54, 1.807) is 6.92 Å². The molecule has 108 valence electrons. The van der Waals surface area contributed by atoms with Gasteiger partial charge in [-0.15, -0.1) is 11.6 Å². The minimum atomic E-state index is -0.909. The third-order valence-corrected chi connectivity index (χ3v) is 3.76.